The second-order valence-corrected chi connectivity index (χ2v) is 5.45. The monoisotopic (exact) mass is 365 g/mol. The third-order valence-electron chi connectivity index (χ3n) is 3.68. The molecule has 0 radical (unpaired) electrons. The first-order valence-corrected chi connectivity index (χ1v) is 7.76. The van der Waals surface area contributed by atoms with E-state index in [1.807, 2.05) is 6.07 Å². The molecule has 0 aliphatic carbocycles. The summed E-state index contributed by atoms with van der Waals surface area (Å²) in [5.74, 6) is -1.70. The molecule has 1 saturated heterocycles. The average Bonchev–Trinajstić information content (AvgIpc) is 2.66. The zero-order valence-electron chi connectivity index (χ0n) is 13.8. The number of amides is 4. The fraction of sp³-hybridized carbons (Fsp3) is 0.0526. The minimum Gasteiger partial charge on any atom is -0.479 e. The molecule has 0 spiro atoms. The first kappa shape index (κ1) is 17.8. The number of barbiturate groups is 1. The largest absolute Gasteiger partial charge is 0.479 e. The molecule has 1 aliphatic heterocycles. The van der Waals surface area contributed by atoms with Crippen LogP contribution in [0.3, 0.4) is 0 Å². The molecule has 1 heterocycles. The molecule has 7 nitrogen and oxygen atoms in total. The fourth-order valence-electron chi connectivity index (χ4n) is 2.42. The van der Waals surface area contributed by atoms with Gasteiger partial charge in [-0.2, -0.15) is 5.26 Å². The van der Waals surface area contributed by atoms with Crippen LogP contribution in [0.15, 0.2) is 54.1 Å². The van der Waals surface area contributed by atoms with Crippen molar-refractivity contribution in [2.24, 2.45) is 0 Å². The van der Waals surface area contributed by atoms with Crippen molar-refractivity contribution in [3.63, 3.8) is 0 Å². The van der Waals surface area contributed by atoms with Crippen molar-refractivity contribution in [1.82, 2.24) is 5.32 Å². The van der Waals surface area contributed by atoms with Crippen LogP contribution in [0.25, 0.3) is 6.08 Å². The number of carbonyl (C=O) groups excluding carboxylic acids is 3. The van der Waals surface area contributed by atoms with Crippen LogP contribution in [-0.4, -0.2) is 24.5 Å². The van der Waals surface area contributed by atoms with Gasteiger partial charge in [-0.15, -0.1) is 0 Å². The van der Waals surface area contributed by atoms with Gasteiger partial charge in [0.15, 0.2) is 6.61 Å². The van der Waals surface area contributed by atoms with Gasteiger partial charge in [-0.25, -0.2) is 14.1 Å². The summed E-state index contributed by atoms with van der Waals surface area (Å²) in [6.45, 7) is -0.101. The number of anilines is 1. The minimum atomic E-state index is -0.908. The molecule has 0 atom stereocenters. The zero-order chi connectivity index (χ0) is 19.4. The van der Waals surface area contributed by atoms with Crippen LogP contribution >= 0.6 is 0 Å². The summed E-state index contributed by atoms with van der Waals surface area (Å²) in [6.07, 6.45) is 1.33. The molecular formula is C19H12FN3O4. The summed E-state index contributed by atoms with van der Waals surface area (Å²) in [7, 11) is 0. The lowest BCUT2D eigenvalue weighted by Gasteiger charge is -2.26. The van der Waals surface area contributed by atoms with Gasteiger partial charge in [0.2, 0.25) is 0 Å². The topological polar surface area (TPSA) is 99.5 Å². The smallest absolute Gasteiger partial charge is 0.335 e. The van der Waals surface area contributed by atoms with Crippen molar-refractivity contribution in [2.45, 2.75) is 0 Å². The van der Waals surface area contributed by atoms with Gasteiger partial charge >= 0.3 is 6.03 Å². The zero-order valence-corrected chi connectivity index (χ0v) is 13.8. The Labute approximate surface area is 153 Å². The predicted molar refractivity (Wildman–Crippen MR) is 93.0 cm³/mol. The highest BCUT2D eigenvalue weighted by molar-refractivity contribution is 6.39. The molecule has 0 unspecified atom stereocenters. The van der Waals surface area contributed by atoms with E-state index in [4.69, 9.17) is 10.00 Å². The number of ether oxygens (including phenoxy) is 1. The number of hydrogen-bond donors (Lipinski definition) is 1. The maximum atomic E-state index is 13.1. The summed E-state index contributed by atoms with van der Waals surface area (Å²) in [5.41, 5.74) is 0.411. The molecule has 4 amide bonds. The fourth-order valence-corrected chi connectivity index (χ4v) is 2.42. The lowest BCUT2D eigenvalue weighted by Crippen LogP contribution is -2.54. The van der Waals surface area contributed by atoms with Gasteiger partial charge in [0, 0.05) is 0 Å². The molecular weight excluding hydrogens is 353 g/mol. The number of nitrogens with zero attached hydrogens (tertiary/aromatic N) is 2. The molecule has 0 saturated carbocycles. The molecule has 2 aromatic carbocycles. The van der Waals surface area contributed by atoms with Crippen molar-refractivity contribution in [3.8, 4) is 11.8 Å². The molecule has 1 fully saturated rings. The Morgan fingerprint density at radius 3 is 2.37 bits per heavy atom. The van der Waals surface area contributed by atoms with Gasteiger partial charge in [0.1, 0.15) is 23.2 Å². The van der Waals surface area contributed by atoms with E-state index in [0.29, 0.717) is 11.3 Å². The number of halogens is 1. The van der Waals surface area contributed by atoms with Gasteiger partial charge in [0.05, 0.1) is 5.69 Å². The number of nitriles is 1. The van der Waals surface area contributed by atoms with Crippen molar-refractivity contribution in [3.05, 3.63) is 65.5 Å². The lowest BCUT2D eigenvalue weighted by atomic mass is 10.1. The Bertz CT molecular complexity index is 976. The molecule has 0 bridgehead atoms. The predicted octanol–water partition coefficient (Wildman–Crippen LogP) is 2.39. The van der Waals surface area contributed by atoms with Crippen molar-refractivity contribution >= 4 is 29.6 Å². The van der Waals surface area contributed by atoms with E-state index in [2.05, 4.69) is 5.32 Å². The Morgan fingerprint density at radius 2 is 1.74 bits per heavy atom. The minimum absolute atomic E-state index is 0.101. The second-order valence-electron chi connectivity index (χ2n) is 5.45. The van der Waals surface area contributed by atoms with E-state index in [9.17, 15) is 18.8 Å². The van der Waals surface area contributed by atoms with Crippen LogP contribution in [0, 0.1) is 17.1 Å². The van der Waals surface area contributed by atoms with Crippen LogP contribution in [0.1, 0.15) is 5.56 Å². The normalized spacial score (nSPS) is 15.5. The molecule has 1 aliphatic rings. The summed E-state index contributed by atoms with van der Waals surface area (Å²) in [4.78, 5) is 37.6. The van der Waals surface area contributed by atoms with Crippen molar-refractivity contribution in [1.29, 1.82) is 5.26 Å². The van der Waals surface area contributed by atoms with E-state index in [1.54, 1.807) is 24.3 Å². The Morgan fingerprint density at radius 1 is 1.07 bits per heavy atom. The number of imide groups is 2. The Kier molecular flexibility index (Phi) is 4.95. The molecule has 3 rings (SSSR count). The summed E-state index contributed by atoms with van der Waals surface area (Å²) in [6, 6.07) is 12.0. The number of benzene rings is 2. The van der Waals surface area contributed by atoms with E-state index >= 15 is 0 Å². The maximum Gasteiger partial charge on any atom is 0.335 e. The van der Waals surface area contributed by atoms with Gasteiger partial charge < -0.3 is 4.74 Å². The van der Waals surface area contributed by atoms with E-state index in [-0.39, 0.29) is 17.9 Å². The summed E-state index contributed by atoms with van der Waals surface area (Å²) >= 11 is 0. The number of rotatable bonds is 4. The van der Waals surface area contributed by atoms with Gasteiger partial charge in [-0.05, 0) is 48.0 Å². The molecule has 0 aromatic heterocycles. The first-order chi connectivity index (χ1) is 13.0. The molecule has 8 heteroatoms. The first-order valence-electron chi connectivity index (χ1n) is 7.76. The molecule has 1 N–H and O–H groups in total. The van der Waals surface area contributed by atoms with E-state index in [1.165, 1.54) is 18.2 Å². The number of carbonyl (C=O) groups is 3. The van der Waals surface area contributed by atoms with Gasteiger partial charge in [-0.1, -0.05) is 12.1 Å². The molecule has 134 valence electrons. The maximum absolute atomic E-state index is 13.1. The quantitative estimate of drug-likeness (QED) is 0.662. The van der Waals surface area contributed by atoms with Crippen LogP contribution in [0.4, 0.5) is 14.9 Å². The second kappa shape index (κ2) is 7.49. The lowest BCUT2D eigenvalue weighted by molar-refractivity contribution is -0.122. The van der Waals surface area contributed by atoms with E-state index < -0.39 is 23.7 Å². The van der Waals surface area contributed by atoms with Crippen LogP contribution in [0.2, 0.25) is 0 Å². The Balaban J connectivity index is 1.89. The van der Waals surface area contributed by atoms with Crippen LogP contribution in [0.5, 0.6) is 5.75 Å². The Hall–Kier alpha value is -3.99. The summed E-state index contributed by atoms with van der Waals surface area (Å²) in [5, 5.41) is 10.6. The molecule has 2 aromatic rings. The van der Waals surface area contributed by atoms with Gasteiger partial charge in [-0.3, -0.25) is 14.9 Å². The van der Waals surface area contributed by atoms with Crippen LogP contribution < -0.4 is 15.0 Å². The van der Waals surface area contributed by atoms with Crippen LogP contribution in [-0.2, 0) is 9.59 Å². The number of hydrogen-bond acceptors (Lipinski definition) is 5. The number of urea groups is 1. The third kappa shape index (κ3) is 3.82. The third-order valence-corrected chi connectivity index (χ3v) is 3.68. The SMILES string of the molecule is N#CCOc1ccc(/C=C2/C(=O)NC(=O)N(c3ccc(F)cc3)C2=O)cc1. The number of nitrogens with one attached hydrogen (secondary N) is 1. The van der Waals surface area contributed by atoms with Gasteiger partial charge in [0.25, 0.3) is 11.8 Å². The van der Waals surface area contributed by atoms with Crippen molar-refractivity contribution in [2.75, 3.05) is 11.5 Å². The van der Waals surface area contributed by atoms with E-state index in [0.717, 1.165) is 17.0 Å². The highest BCUT2D eigenvalue weighted by atomic mass is 19.1. The van der Waals surface area contributed by atoms with Crippen molar-refractivity contribution < 1.29 is 23.5 Å². The highest BCUT2D eigenvalue weighted by Crippen LogP contribution is 2.22. The molecule has 27 heavy (non-hydrogen) atoms. The standard InChI is InChI=1S/C19H12FN3O4/c20-13-3-5-14(6-4-13)23-18(25)16(17(24)22-19(23)26)11-12-1-7-15(8-2-12)27-10-9-21/h1-8,11H,10H2,(H,22,24,26)/b16-11-. The summed E-state index contributed by atoms with van der Waals surface area (Å²) < 4.78 is 18.2. The average molecular weight is 365 g/mol. The highest BCUT2D eigenvalue weighted by Gasteiger charge is 2.36.